The average Bonchev–Trinajstić information content (AvgIpc) is 2.53. The Kier molecular flexibility index (Phi) is 7.30. The molecule has 0 aromatic heterocycles. The van der Waals surface area contributed by atoms with Gasteiger partial charge >= 0.3 is 5.97 Å². The van der Waals surface area contributed by atoms with Gasteiger partial charge in [-0.25, -0.2) is 4.79 Å². The van der Waals surface area contributed by atoms with Gasteiger partial charge in [-0.1, -0.05) is 86.5 Å². The van der Waals surface area contributed by atoms with Gasteiger partial charge in [-0.3, -0.25) is 0 Å². The number of hydrogen-bond acceptors (Lipinski definition) is 2. The van der Waals surface area contributed by atoms with Crippen LogP contribution < -0.4 is 0 Å². The molecule has 0 bridgehead atoms. The summed E-state index contributed by atoms with van der Waals surface area (Å²) in [6.07, 6.45) is 10.7. The third kappa shape index (κ3) is 5.91. The van der Waals surface area contributed by atoms with Crippen LogP contribution in [0.15, 0.2) is 86.0 Å². The fourth-order valence-corrected chi connectivity index (χ4v) is 1.64. The molecule has 1 atom stereocenters. The number of allylic oxidation sites excluding steroid dienone is 4. The number of carbonyl (C=O) groups is 1. The SMILES string of the molecule is C=CC=CC(C=Cc1ccccc1)C(=C)C(=O)OCC=C. The maximum Gasteiger partial charge on any atom is 0.334 e. The quantitative estimate of drug-likeness (QED) is 0.306. The van der Waals surface area contributed by atoms with Gasteiger partial charge in [0, 0.05) is 11.5 Å². The molecule has 0 saturated heterocycles. The van der Waals surface area contributed by atoms with Gasteiger partial charge in [-0.05, 0) is 5.56 Å². The number of benzene rings is 1. The van der Waals surface area contributed by atoms with Gasteiger partial charge in [0.25, 0.3) is 0 Å². The molecule has 1 aromatic rings. The minimum atomic E-state index is -0.425. The molecule has 2 nitrogen and oxygen atoms in total. The van der Waals surface area contributed by atoms with Crippen molar-refractivity contribution in [2.45, 2.75) is 0 Å². The van der Waals surface area contributed by atoms with Gasteiger partial charge in [-0.15, -0.1) is 0 Å². The molecule has 0 aliphatic carbocycles. The highest BCUT2D eigenvalue weighted by Crippen LogP contribution is 2.17. The van der Waals surface area contributed by atoms with Crippen molar-refractivity contribution in [2.24, 2.45) is 5.92 Å². The van der Waals surface area contributed by atoms with Gasteiger partial charge in [0.15, 0.2) is 0 Å². The molecule has 1 aromatic carbocycles. The molecule has 0 heterocycles. The van der Waals surface area contributed by atoms with Crippen LogP contribution in [-0.2, 0) is 9.53 Å². The van der Waals surface area contributed by atoms with Crippen molar-refractivity contribution < 1.29 is 9.53 Å². The predicted molar refractivity (Wildman–Crippen MR) is 88.6 cm³/mol. The molecule has 0 spiro atoms. The molecule has 1 unspecified atom stereocenters. The van der Waals surface area contributed by atoms with Crippen LogP contribution in [0.1, 0.15) is 5.56 Å². The predicted octanol–water partition coefficient (Wildman–Crippen LogP) is 4.34. The Labute approximate surface area is 126 Å². The summed E-state index contributed by atoms with van der Waals surface area (Å²) in [5.74, 6) is -0.660. The standard InChI is InChI=1S/C19H20O2/c1-4-6-12-18(16(3)19(20)21-15-5-2)14-13-17-10-8-7-9-11-17/h4-14,18H,1-3,15H2. The summed E-state index contributed by atoms with van der Waals surface area (Å²) in [5.41, 5.74) is 1.43. The summed E-state index contributed by atoms with van der Waals surface area (Å²) in [6, 6.07) is 9.86. The molecule has 0 N–H and O–H groups in total. The summed E-state index contributed by atoms with van der Waals surface area (Å²) < 4.78 is 5.02. The largest absolute Gasteiger partial charge is 0.458 e. The van der Waals surface area contributed by atoms with Crippen LogP contribution in [-0.4, -0.2) is 12.6 Å². The van der Waals surface area contributed by atoms with Gasteiger partial charge in [0.05, 0.1) is 0 Å². The van der Waals surface area contributed by atoms with E-state index in [1.54, 1.807) is 12.2 Å². The smallest absolute Gasteiger partial charge is 0.334 e. The molecule has 0 aliphatic rings. The lowest BCUT2D eigenvalue weighted by Crippen LogP contribution is -2.12. The molecule has 0 fully saturated rings. The third-order valence-corrected chi connectivity index (χ3v) is 2.75. The van der Waals surface area contributed by atoms with Gasteiger partial charge < -0.3 is 4.74 Å². The van der Waals surface area contributed by atoms with Crippen molar-refractivity contribution in [3.63, 3.8) is 0 Å². The fraction of sp³-hybridized carbons (Fsp3) is 0.105. The lowest BCUT2D eigenvalue weighted by atomic mass is 9.98. The summed E-state index contributed by atoms with van der Waals surface area (Å²) in [4.78, 5) is 11.9. The zero-order valence-corrected chi connectivity index (χ0v) is 12.1. The highest BCUT2D eigenvalue weighted by molar-refractivity contribution is 5.89. The zero-order valence-electron chi connectivity index (χ0n) is 12.1. The van der Waals surface area contributed by atoms with E-state index in [4.69, 9.17) is 4.74 Å². The van der Waals surface area contributed by atoms with Crippen molar-refractivity contribution in [1.29, 1.82) is 0 Å². The molecule has 108 valence electrons. The topological polar surface area (TPSA) is 26.3 Å². The van der Waals surface area contributed by atoms with Crippen molar-refractivity contribution in [3.05, 3.63) is 91.6 Å². The Morgan fingerprint density at radius 2 is 1.90 bits per heavy atom. The first-order chi connectivity index (χ1) is 10.2. The number of ether oxygens (including phenoxy) is 1. The van der Waals surface area contributed by atoms with E-state index in [0.29, 0.717) is 5.57 Å². The lowest BCUT2D eigenvalue weighted by molar-refractivity contribution is -0.138. The summed E-state index contributed by atoms with van der Waals surface area (Å²) in [7, 11) is 0. The van der Waals surface area contributed by atoms with Crippen molar-refractivity contribution in [1.82, 2.24) is 0 Å². The Bertz CT molecular complexity index is 550. The fourth-order valence-electron chi connectivity index (χ4n) is 1.64. The van der Waals surface area contributed by atoms with E-state index in [0.717, 1.165) is 5.56 Å². The number of esters is 1. The Balaban J connectivity index is 2.85. The third-order valence-electron chi connectivity index (χ3n) is 2.75. The molecule has 21 heavy (non-hydrogen) atoms. The first-order valence-corrected chi connectivity index (χ1v) is 6.68. The number of carbonyl (C=O) groups excluding carboxylic acids is 1. The zero-order chi connectivity index (χ0) is 15.5. The second kappa shape index (κ2) is 9.32. The molecule has 0 aliphatic heterocycles. The van der Waals surface area contributed by atoms with Gasteiger partial charge in [0.1, 0.15) is 6.61 Å². The van der Waals surface area contributed by atoms with Crippen LogP contribution in [0.2, 0.25) is 0 Å². The lowest BCUT2D eigenvalue weighted by Gasteiger charge is -2.10. The van der Waals surface area contributed by atoms with Gasteiger partial charge in [0.2, 0.25) is 0 Å². The van der Waals surface area contributed by atoms with Crippen molar-refractivity contribution in [3.8, 4) is 0 Å². The monoisotopic (exact) mass is 280 g/mol. The first-order valence-electron chi connectivity index (χ1n) is 6.68. The van der Waals surface area contributed by atoms with E-state index in [9.17, 15) is 4.79 Å². The van der Waals surface area contributed by atoms with E-state index in [1.165, 1.54) is 6.08 Å². The summed E-state index contributed by atoms with van der Waals surface area (Å²) in [5, 5.41) is 0. The second-order valence-corrected chi connectivity index (χ2v) is 4.33. The van der Waals surface area contributed by atoms with Crippen LogP contribution in [0.5, 0.6) is 0 Å². The molecular formula is C19H20O2. The number of rotatable bonds is 8. The van der Waals surface area contributed by atoms with E-state index in [-0.39, 0.29) is 12.5 Å². The molecule has 1 rings (SSSR count). The van der Waals surface area contributed by atoms with E-state index in [1.807, 2.05) is 48.6 Å². The molecular weight excluding hydrogens is 260 g/mol. The second-order valence-electron chi connectivity index (χ2n) is 4.33. The maximum atomic E-state index is 11.9. The highest BCUT2D eigenvalue weighted by atomic mass is 16.5. The molecule has 2 heteroatoms. The first kappa shape index (κ1) is 16.4. The Hall–Kier alpha value is -2.61. The van der Waals surface area contributed by atoms with Crippen LogP contribution in [0.25, 0.3) is 6.08 Å². The Morgan fingerprint density at radius 3 is 2.52 bits per heavy atom. The minimum absolute atomic E-state index is 0.179. The van der Waals surface area contributed by atoms with Crippen LogP contribution >= 0.6 is 0 Å². The van der Waals surface area contributed by atoms with E-state index in [2.05, 4.69) is 19.7 Å². The average molecular weight is 280 g/mol. The Morgan fingerprint density at radius 1 is 1.19 bits per heavy atom. The summed E-state index contributed by atoms with van der Waals surface area (Å²) >= 11 is 0. The van der Waals surface area contributed by atoms with Crippen LogP contribution in [0, 0.1) is 5.92 Å². The molecule has 0 amide bonds. The molecule has 0 saturated carbocycles. The van der Waals surface area contributed by atoms with E-state index < -0.39 is 5.97 Å². The minimum Gasteiger partial charge on any atom is -0.458 e. The van der Waals surface area contributed by atoms with Crippen molar-refractivity contribution >= 4 is 12.0 Å². The van der Waals surface area contributed by atoms with Gasteiger partial charge in [-0.2, -0.15) is 0 Å². The van der Waals surface area contributed by atoms with Crippen LogP contribution in [0.3, 0.4) is 0 Å². The van der Waals surface area contributed by atoms with Crippen LogP contribution in [0.4, 0.5) is 0 Å². The summed E-state index contributed by atoms with van der Waals surface area (Å²) in [6.45, 7) is 11.2. The molecule has 0 radical (unpaired) electrons. The number of hydrogen-bond donors (Lipinski definition) is 0. The normalized spacial score (nSPS) is 12.2. The maximum absolute atomic E-state index is 11.9. The van der Waals surface area contributed by atoms with Crippen molar-refractivity contribution in [2.75, 3.05) is 6.61 Å². The highest BCUT2D eigenvalue weighted by Gasteiger charge is 2.15. The van der Waals surface area contributed by atoms with E-state index >= 15 is 0 Å².